The van der Waals surface area contributed by atoms with Gasteiger partial charge in [-0.25, -0.2) is 4.98 Å². The molecule has 0 spiro atoms. The van der Waals surface area contributed by atoms with Crippen LogP contribution in [-0.2, 0) is 16.1 Å². The van der Waals surface area contributed by atoms with Crippen molar-refractivity contribution in [1.82, 2.24) is 9.55 Å². The summed E-state index contributed by atoms with van der Waals surface area (Å²) in [4.78, 5) is 41.8. The van der Waals surface area contributed by atoms with Crippen molar-refractivity contribution in [3.05, 3.63) is 75.8 Å². The molecule has 0 unspecified atom stereocenters. The first-order valence-electron chi connectivity index (χ1n) is 9.31. The Labute approximate surface area is 189 Å². The van der Waals surface area contributed by atoms with Crippen LogP contribution in [0.1, 0.15) is 6.92 Å². The number of fused-ring (bicyclic) bond motifs is 1. The quantitative estimate of drug-likeness (QED) is 0.425. The third-order valence-electron chi connectivity index (χ3n) is 4.41. The zero-order valence-corrected chi connectivity index (χ0v) is 18.8. The number of hydrogen-bond acceptors (Lipinski definition) is 5. The van der Waals surface area contributed by atoms with E-state index in [0.29, 0.717) is 21.6 Å². The van der Waals surface area contributed by atoms with Crippen molar-refractivity contribution in [2.24, 2.45) is 0 Å². The van der Waals surface area contributed by atoms with Crippen LogP contribution in [-0.4, -0.2) is 21.4 Å². The SMILES string of the molecule is CC(=O)Nc1cccc(NC(=O)Cn2cnc3cc(-c4ccc(Br)cc4)sc3c2=O)c1. The second-order valence-corrected chi connectivity index (χ2v) is 8.79. The molecule has 0 fully saturated rings. The van der Waals surface area contributed by atoms with Crippen molar-refractivity contribution in [3.63, 3.8) is 0 Å². The molecule has 7 nitrogen and oxygen atoms in total. The molecule has 4 aromatic rings. The lowest BCUT2D eigenvalue weighted by molar-refractivity contribution is -0.117. The fourth-order valence-corrected chi connectivity index (χ4v) is 4.38. The van der Waals surface area contributed by atoms with Gasteiger partial charge in [0.1, 0.15) is 11.2 Å². The van der Waals surface area contributed by atoms with E-state index in [1.807, 2.05) is 30.3 Å². The molecule has 0 radical (unpaired) electrons. The van der Waals surface area contributed by atoms with E-state index in [1.165, 1.54) is 29.2 Å². The van der Waals surface area contributed by atoms with Crippen LogP contribution >= 0.6 is 27.3 Å². The molecule has 2 heterocycles. The van der Waals surface area contributed by atoms with Crippen LogP contribution in [0.5, 0.6) is 0 Å². The summed E-state index contributed by atoms with van der Waals surface area (Å²) in [7, 11) is 0. The zero-order chi connectivity index (χ0) is 22.0. The molecule has 31 heavy (non-hydrogen) atoms. The van der Waals surface area contributed by atoms with Gasteiger partial charge in [-0.1, -0.05) is 34.1 Å². The van der Waals surface area contributed by atoms with Crippen LogP contribution in [0.4, 0.5) is 11.4 Å². The first kappa shape index (κ1) is 21.0. The van der Waals surface area contributed by atoms with Gasteiger partial charge in [0.05, 0.1) is 11.8 Å². The van der Waals surface area contributed by atoms with E-state index in [-0.39, 0.29) is 23.9 Å². The van der Waals surface area contributed by atoms with Gasteiger partial charge < -0.3 is 10.6 Å². The van der Waals surface area contributed by atoms with Crippen molar-refractivity contribution in [2.75, 3.05) is 10.6 Å². The smallest absolute Gasteiger partial charge is 0.271 e. The molecule has 156 valence electrons. The summed E-state index contributed by atoms with van der Waals surface area (Å²) in [6.45, 7) is 1.24. The van der Waals surface area contributed by atoms with E-state index in [2.05, 4.69) is 31.5 Å². The summed E-state index contributed by atoms with van der Waals surface area (Å²) in [6.07, 6.45) is 1.38. The number of carbonyl (C=O) groups excluding carboxylic acids is 2. The van der Waals surface area contributed by atoms with Crippen LogP contribution in [0.2, 0.25) is 0 Å². The van der Waals surface area contributed by atoms with Gasteiger partial charge in [0.25, 0.3) is 5.56 Å². The lowest BCUT2D eigenvalue weighted by Gasteiger charge is -2.09. The average Bonchev–Trinajstić information content (AvgIpc) is 3.15. The topological polar surface area (TPSA) is 93.1 Å². The number of hydrogen-bond donors (Lipinski definition) is 2. The number of benzene rings is 2. The number of carbonyl (C=O) groups is 2. The van der Waals surface area contributed by atoms with E-state index in [4.69, 9.17) is 0 Å². The maximum Gasteiger partial charge on any atom is 0.271 e. The lowest BCUT2D eigenvalue weighted by atomic mass is 10.2. The molecule has 0 aliphatic rings. The Kier molecular flexibility index (Phi) is 5.97. The van der Waals surface area contributed by atoms with Crippen LogP contribution in [0.25, 0.3) is 20.7 Å². The Hall–Kier alpha value is -3.30. The summed E-state index contributed by atoms with van der Waals surface area (Å²) < 4.78 is 2.77. The van der Waals surface area contributed by atoms with Gasteiger partial charge in [-0.2, -0.15) is 0 Å². The summed E-state index contributed by atoms with van der Waals surface area (Å²) in [5.74, 6) is -0.569. The second kappa shape index (κ2) is 8.83. The Bertz CT molecular complexity index is 1350. The lowest BCUT2D eigenvalue weighted by Crippen LogP contribution is -2.27. The highest BCUT2D eigenvalue weighted by Crippen LogP contribution is 2.31. The maximum absolute atomic E-state index is 12.9. The van der Waals surface area contributed by atoms with E-state index < -0.39 is 0 Å². The third-order valence-corrected chi connectivity index (χ3v) is 6.10. The largest absolute Gasteiger partial charge is 0.326 e. The number of thiophene rings is 1. The maximum atomic E-state index is 12.9. The molecule has 4 rings (SSSR count). The van der Waals surface area contributed by atoms with Gasteiger partial charge in [0.15, 0.2) is 0 Å². The Balaban J connectivity index is 1.54. The third kappa shape index (κ3) is 4.89. The van der Waals surface area contributed by atoms with E-state index >= 15 is 0 Å². The highest BCUT2D eigenvalue weighted by molar-refractivity contribution is 9.10. The highest BCUT2D eigenvalue weighted by atomic mass is 79.9. The predicted molar refractivity (Wildman–Crippen MR) is 126 cm³/mol. The van der Waals surface area contributed by atoms with E-state index in [9.17, 15) is 14.4 Å². The van der Waals surface area contributed by atoms with Gasteiger partial charge >= 0.3 is 0 Å². The van der Waals surface area contributed by atoms with Crippen molar-refractivity contribution in [1.29, 1.82) is 0 Å². The Morgan fingerprint density at radius 2 is 1.77 bits per heavy atom. The number of amides is 2. The minimum absolute atomic E-state index is 0.169. The predicted octanol–water partition coefficient (Wildman–Crippen LogP) is 4.48. The molecular formula is C22H17BrN4O3S. The standard InChI is InChI=1S/C22H17BrN4O3S/c1-13(28)25-16-3-2-4-17(9-16)26-20(29)11-27-12-24-18-10-19(31-21(18)22(27)30)14-5-7-15(23)8-6-14/h2-10,12H,11H2,1H3,(H,25,28)(H,26,29). The molecule has 2 aromatic heterocycles. The van der Waals surface area contributed by atoms with Crippen molar-refractivity contribution < 1.29 is 9.59 Å². The number of halogens is 1. The van der Waals surface area contributed by atoms with Crippen LogP contribution in [0.15, 0.2) is 70.2 Å². The molecular weight excluding hydrogens is 480 g/mol. The monoisotopic (exact) mass is 496 g/mol. The Morgan fingerprint density at radius 1 is 1.06 bits per heavy atom. The van der Waals surface area contributed by atoms with Crippen LogP contribution in [0, 0.1) is 0 Å². The Morgan fingerprint density at radius 3 is 2.48 bits per heavy atom. The first-order chi connectivity index (χ1) is 14.9. The van der Waals surface area contributed by atoms with E-state index in [0.717, 1.165) is 14.9 Å². The van der Waals surface area contributed by atoms with Gasteiger partial charge in [0.2, 0.25) is 11.8 Å². The summed E-state index contributed by atoms with van der Waals surface area (Å²) in [5.41, 5.74) is 2.43. The van der Waals surface area contributed by atoms with Gasteiger partial charge in [-0.05, 0) is 42.0 Å². The summed E-state index contributed by atoms with van der Waals surface area (Å²) in [6, 6.07) is 16.5. The number of anilines is 2. The number of nitrogens with zero attached hydrogens (tertiary/aromatic N) is 2. The molecule has 9 heteroatoms. The minimum atomic E-state index is -0.368. The minimum Gasteiger partial charge on any atom is -0.326 e. The summed E-state index contributed by atoms with van der Waals surface area (Å²) in [5, 5.41) is 5.40. The number of aromatic nitrogens is 2. The molecule has 0 saturated carbocycles. The van der Waals surface area contributed by atoms with Gasteiger partial charge in [-0.15, -0.1) is 11.3 Å². The molecule has 0 bridgehead atoms. The number of rotatable bonds is 5. The fourth-order valence-electron chi connectivity index (χ4n) is 3.05. The summed E-state index contributed by atoms with van der Waals surface area (Å²) >= 11 is 4.77. The van der Waals surface area contributed by atoms with E-state index in [1.54, 1.807) is 24.3 Å². The number of nitrogens with one attached hydrogen (secondary N) is 2. The average molecular weight is 497 g/mol. The second-order valence-electron chi connectivity index (χ2n) is 6.82. The van der Waals surface area contributed by atoms with Gasteiger partial charge in [0, 0.05) is 27.6 Å². The highest BCUT2D eigenvalue weighted by Gasteiger charge is 2.13. The van der Waals surface area contributed by atoms with Crippen molar-refractivity contribution in [2.45, 2.75) is 13.5 Å². The molecule has 0 atom stereocenters. The molecule has 2 aromatic carbocycles. The van der Waals surface area contributed by atoms with Crippen molar-refractivity contribution >= 4 is 60.7 Å². The van der Waals surface area contributed by atoms with Crippen LogP contribution < -0.4 is 16.2 Å². The zero-order valence-electron chi connectivity index (χ0n) is 16.4. The van der Waals surface area contributed by atoms with Crippen LogP contribution in [0.3, 0.4) is 0 Å². The molecule has 0 saturated heterocycles. The first-order valence-corrected chi connectivity index (χ1v) is 10.9. The molecule has 2 amide bonds. The molecule has 0 aliphatic carbocycles. The normalized spacial score (nSPS) is 10.8. The van der Waals surface area contributed by atoms with Gasteiger partial charge in [-0.3, -0.25) is 19.0 Å². The fraction of sp³-hybridized carbons (Fsp3) is 0.0909. The molecule has 0 aliphatic heterocycles. The van der Waals surface area contributed by atoms with Crippen molar-refractivity contribution in [3.8, 4) is 10.4 Å². The molecule has 2 N–H and O–H groups in total.